The molecule has 1 rings (SSSR count). The van der Waals surface area contributed by atoms with Gasteiger partial charge in [0.25, 0.3) is 0 Å². The second kappa shape index (κ2) is 9.51. The van der Waals surface area contributed by atoms with Crippen molar-refractivity contribution in [3.05, 3.63) is 60.1 Å². The van der Waals surface area contributed by atoms with Crippen LogP contribution in [0.4, 0.5) is 0 Å². The molecule has 0 saturated carbocycles. The largest absolute Gasteiger partial charge is 0.494 e. The minimum atomic E-state index is 0.565. The molecule has 0 aliphatic rings. The Bertz CT molecular complexity index is 398. The Hall–Kier alpha value is -1.41. The third kappa shape index (κ3) is 6.92. The number of hydrogen-bond donors (Lipinski definition) is 0. The summed E-state index contributed by atoms with van der Waals surface area (Å²) in [4.78, 5) is 0. The van der Waals surface area contributed by atoms with Gasteiger partial charge in [0.05, 0.1) is 12.4 Å². The van der Waals surface area contributed by atoms with Crippen LogP contribution in [0.1, 0.15) is 25.3 Å². The van der Waals surface area contributed by atoms with Crippen molar-refractivity contribution < 1.29 is 9.47 Å². The predicted molar refractivity (Wildman–Crippen MR) is 80.0 cm³/mol. The number of allylic oxidation sites excluding steroid dienone is 2. The molecule has 0 saturated heterocycles. The summed E-state index contributed by atoms with van der Waals surface area (Å²) in [6, 6.07) is 10.1. The van der Waals surface area contributed by atoms with Crippen molar-refractivity contribution in [2.45, 2.75) is 26.4 Å². The summed E-state index contributed by atoms with van der Waals surface area (Å²) in [6.07, 6.45) is 3.47. The second-order valence-electron chi connectivity index (χ2n) is 4.10. The van der Waals surface area contributed by atoms with E-state index in [1.807, 2.05) is 43.3 Å². The average Bonchev–Trinajstić information content (AvgIpc) is 2.45. The first kappa shape index (κ1) is 15.6. The van der Waals surface area contributed by atoms with Gasteiger partial charge in [-0.25, -0.2) is 0 Å². The van der Waals surface area contributed by atoms with Gasteiger partial charge in [0.2, 0.25) is 0 Å². The van der Waals surface area contributed by atoms with Gasteiger partial charge in [-0.15, -0.1) is 11.6 Å². The van der Waals surface area contributed by atoms with Crippen LogP contribution in [0.15, 0.2) is 54.5 Å². The zero-order valence-electron chi connectivity index (χ0n) is 11.4. The molecule has 0 aliphatic carbocycles. The van der Waals surface area contributed by atoms with Gasteiger partial charge in [0, 0.05) is 18.4 Å². The number of benzene rings is 1. The average molecular weight is 281 g/mol. The molecule has 0 fully saturated rings. The highest BCUT2D eigenvalue weighted by molar-refractivity contribution is 6.17. The fourth-order valence-electron chi connectivity index (χ4n) is 1.48. The molecule has 0 amide bonds. The highest BCUT2D eigenvalue weighted by atomic mass is 35.5. The van der Waals surface area contributed by atoms with Gasteiger partial charge < -0.3 is 9.47 Å². The van der Waals surface area contributed by atoms with E-state index in [0.29, 0.717) is 24.9 Å². The van der Waals surface area contributed by atoms with Crippen molar-refractivity contribution in [3.63, 3.8) is 0 Å². The Balaban J connectivity index is 2.41. The van der Waals surface area contributed by atoms with Gasteiger partial charge in [-0.05, 0) is 12.0 Å². The standard InChI is InChI=1S/C16H21ClO2/c1-3-16(12-14(2)18-11-7-10-17)19-13-15-8-5-4-6-9-15/h4-6,8-9,12H,2-3,7,10-11,13H2,1H3/b16-12+. The summed E-state index contributed by atoms with van der Waals surface area (Å²) < 4.78 is 11.2. The first-order chi connectivity index (χ1) is 9.26. The van der Waals surface area contributed by atoms with E-state index in [9.17, 15) is 0 Å². The number of rotatable bonds is 9. The second-order valence-corrected chi connectivity index (χ2v) is 4.47. The van der Waals surface area contributed by atoms with Gasteiger partial charge in [-0.1, -0.05) is 43.8 Å². The van der Waals surface area contributed by atoms with Crippen molar-refractivity contribution in [2.75, 3.05) is 12.5 Å². The Morgan fingerprint density at radius 2 is 2.00 bits per heavy atom. The lowest BCUT2D eigenvalue weighted by Crippen LogP contribution is -1.97. The Labute approximate surface area is 120 Å². The van der Waals surface area contributed by atoms with Crippen LogP contribution in [0.5, 0.6) is 0 Å². The number of halogens is 1. The van der Waals surface area contributed by atoms with E-state index in [1.54, 1.807) is 0 Å². The van der Waals surface area contributed by atoms with E-state index < -0.39 is 0 Å². The summed E-state index contributed by atoms with van der Waals surface area (Å²) in [5.74, 6) is 2.09. The van der Waals surface area contributed by atoms with E-state index >= 15 is 0 Å². The quantitative estimate of drug-likeness (QED) is 0.284. The topological polar surface area (TPSA) is 18.5 Å². The first-order valence-corrected chi connectivity index (χ1v) is 7.04. The summed E-state index contributed by atoms with van der Waals surface area (Å²) in [5, 5.41) is 0. The third-order valence-electron chi connectivity index (χ3n) is 2.50. The highest BCUT2D eigenvalue weighted by Crippen LogP contribution is 2.12. The Kier molecular flexibility index (Phi) is 7.83. The van der Waals surface area contributed by atoms with Gasteiger partial charge in [0.1, 0.15) is 12.4 Å². The van der Waals surface area contributed by atoms with Crippen LogP contribution in [0.3, 0.4) is 0 Å². The maximum absolute atomic E-state index is 5.75. The van der Waals surface area contributed by atoms with Gasteiger partial charge in [-0.3, -0.25) is 0 Å². The molecule has 3 heteroatoms. The molecule has 0 atom stereocenters. The maximum Gasteiger partial charge on any atom is 0.115 e. The van der Waals surface area contributed by atoms with Crippen LogP contribution in [0, 0.1) is 0 Å². The van der Waals surface area contributed by atoms with Crippen molar-refractivity contribution in [3.8, 4) is 0 Å². The zero-order chi connectivity index (χ0) is 13.9. The number of alkyl halides is 1. The van der Waals surface area contributed by atoms with E-state index in [-0.39, 0.29) is 0 Å². The van der Waals surface area contributed by atoms with Gasteiger partial charge in [-0.2, -0.15) is 0 Å². The molecular formula is C16H21ClO2. The Morgan fingerprint density at radius 3 is 2.63 bits per heavy atom. The first-order valence-electron chi connectivity index (χ1n) is 6.51. The summed E-state index contributed by atoms with van der Waals surface area (Å²) in [6.45, 7) is 7.05. The minimum Gasteiger partial charge on any atom is -0.494 e. The zero-order valence-corrected chi connectivity index (χ0v) is 12.2. The molecule has 104 valence electrons. The van der Waals surface area contributed by atoms with Crippen LogP contribution in [0.25, 0.3) is 0 Å². The SMILES string of the molecule is C=C(/C=C(\CC)OCc1ccccc1)OCCCCl. The molecule has 0 aromatic heterocycles. The van der Waals surface area contributed by atoms with Gasteiger partial charge in [0.15, 0.2) is 0 Å². The summed E-state index contributed by atoms with van der Waals surface area (Å²) >= 11 is 5.59. The van der Waals surface area contributed by atoms with Crippen LogP contribution >= 0.6 is 11.6 Å². The molecule has 0 radical (unpaired) electrons. The molecule has 0 N–H and O–H groups in total. The lowest BCUT2D eigenvalue weighted by atomic mass is 10.2. The predicted octanol–water partition coefficient (Wildman–Crippen LogP) is 4.66. The molecule has 2 nitrogen and oxygen atoms in total. The third-order valence-corrected chi connectivity index (χ3v) is 2.77. The van der Waals surface area contributed by atoms with Crippen LogP contribution in [-0.4, -0.2) is 12.5 Å². The molecule has 0 aliphatic heterocycles. The number of ether oxygens (including phenoxy) is 2. The molecule has 0 bridgehead atoms. The molecule has 19 heavy (non-hydrogen) atoms. The highest BCUT2D eigenvalue weighted by Gasteiger charge is 1.99. The lowest BCUT2D eigenvalue weighted by molar-refractivity contribution is 0.183. The van der Waals surface area contributed by atoms with Gasteiger partial charge >= 0.3 is 0 Å². The van der Waals surface area contributed by atoms with Crippen molar-refractivity contribution in [1.82, 2.24) is 0 Å². The van der Waals surface area contributed by atoms with Crippen LogP contribution in [-0.2, 0) is 16.1 Å². The van der Waals surface area contributed by atoms with E-state index in [2.05, 4.69) is 6.58 Å². The fraction of sp³-hybridized carbons (Fsp3) is 0.375. The molecule has 1 aromatic rings. The molecule has 0 unspecified atom stereocenters. The molecule has 0 spiro atoms. The summed E-state index contributed by atoms with van der Waals surface area (Å²) in [5.41, 5.74) is 1.15. The smallest absolute Gasteiger partial charge is 0.115 e. The summed E-state index contributed by atoms with van der Waals surface area (Å²) in [7, 11) is 0. The van der Waals surface area contributed by atoms with Crippen molar-refractivity contribution in [1.29, 1.82) is 0 Å². The van der Waals surface area contributed by atoms with E-state index in [1.165, 1.54) is 0 Å². The molecule has 1 aromatic carbocycles. The molecular weight excluding hydrogens is 260 g/mol. The van der Waals surface area contributed by atoms with E-state index in [0.717, 1.165) is 24.2 Å². The lowest BCUT2D eigenvalue weighted by Gasteiger charge is -2.10. The maximum atomic E-state index is 5.75. The minimum absolute atomic E-state index is 0.565. The Morgan fingerprint density at radius 1 is 1.26 bits per heavy atom. The normalized spacial score (nSPS) is 11.2. The van der Waals surface area contributed by atoms with Crippen molar-refractivity contribution in [2.24, 2.45) is 0 Å². The molecule has 0 heterocycles. The fourth-order valence-corrected chi connectivity index (χ4v) is 1.58. The van der Waals surface area contributed by atoms with Crippen LogP contribution < -0.4 is 0 Å². The van der Waals surface area contributed by atoms with Crippen LogP contribution in [0.2, 0.25) is 0 Å². The van der Waals surface area contributed by atoms with E-state index in [4.69, 9.17) is 21.1 Å². The monoisotopic (exact) mass is 280 g/mol. The van der Waals surface area contributed by atoms with Crippen molar-refractivity contribution >= 4 is 11.6 Å². The number of hydrogen-bond acceptors (Lipinski definition) is 2.